The van der Waals surface area contributed by atoms with E-state index in [1.165, 1.54) is 17.3 Å². The molecule has 0 radical (unpaired) electrons. The van der Waals surface area contributed by atoms with Gasteiger partial charge in [0, 0.05) is 32.2 Å². The lowest BCUT2D eigenvalue weighted by Crippen LogP contribution is -2.51. The average molecular weight is 443 g/mol. The van der Waals surface area contributed by atoms with E-state index >= 15 is 0 Å². The van der Waals surface area contributed by atoms with Crippen molar-refractivity contribution in [1.29, 1.82) is 0 Å². The molecular weight excluding hydrogens is 412 g/mol. The number of hydrogen-bond donors (Lipinski definition) is 1. The molecule has 4 rings (SSSR count). The van der Waals surface area contributed by atoms with Crippen LogP contribution in [-0.4, -0.2) is 80.9 Å². The molecule has 2 aliphatic rings. The monoisotopic (exact) mass is 442 g/mol. The van der Waals surface area contributed by atoms with Crippen LogP contribution in [0, 0.1) is 20.8 Å². The van der Waals surface area contributed by atoms with Gasteiger partial charge >= 0.3 is 0 Å². The normalized spacial score (nSPS) is 17.1. The van der Waals surface area contributed by atoms with Crippen molar-refractivity contribution in [3.8, 4) is 5.69 Å². The summed E-state index contributed by atoms with van der Waals surface area (Å²) < 4.78 is 2.02. The van der Waals surface area contributed by atoms with E-state index in [2.05, 4.69) is 52.5 Å². The fraction of sp³-hybridized carbons (Fsp3) is 0.545. The molecule has 1 N–H and O–H groups in total. The van der Waals surface area contributed by atoms with Crippen molar-refractivity contribution in [3.63, 3.8) is 0 Å². The topological polar surface area (TPSA) is 83.4 Å². The van der Waals surface area contributed by atoms with Crippen LogP contribution >= 0.6 is 11.8 Å². The summed E-state index contributed by atoms with van der Waals surface area (Å²) in [4.78, 5) is 28.8. The van der Waals surface area contributed by atoms with Gasteiger partial charge in [0.2, 0.25) is 11.8 Å². The first-order valence-corrected chi connectivity index (χ1v) is 11.8. The van der Waals surface area contributed by atoms with Gasteiger partial charge in [0.1, 0.15) is 5.82 Å². The van der Waals surface area contributed by atoms with Crippen LogP contribution in [0.1, 0.15) is 29.8 Å². The van der Waals surface area contributed by atoms with Crippen molar-refractivity contribution in [1.82, 2.24) is 29.9 Å². The van der Waals surface area contributed by atoms with Crippen molar-refractivity contribution in [2.75, 3.05) is 38.5 Å². The van der Waals surface area contributed by atoms with E-state index in [9.17, 15) is 9.59 Å². The number of nitrogens with one attached hydrogen (secondary N) is 1. The van der Waals surface area contributed by atoms with Gasteiger partial charge in [-0.2, -0.15) is 0 Å². The highest BCUT2D eigenvalue weighted by Gasteiger charge is 2.26. The molecule has 1 saturated heterocycles. The summed E-state index contributed by atoms with van der Waals surface area (Å²) >= 11 is 1.42. The molecule has 2 aromatic rings. The minimum atomic E-state index is 0.0963. The fourth-order valence-electron chi connectivity index (χ4n) is 3.75. The van der Waals surface area contributed by atoms with Crippen molar-refractivity contribution in [2.45, 2.75) is 44.8 Å². The van der Waals surface area contributed by atoms with Crippen LogP contribution in [0.4, 0.5) is 0 Å². The number of nitrogens with zero attached hydrogens (tertiary/aromatic N) is 5. The molecule has 1 saturated carbocycles. The Bertz CT molecular complexity index is 963. The number of carbonyl (C=O) groups is 2. The molecule has 9 heteroatoms. The first-order chi connectivity index (χ1) is 14.9. The second kappa shape index (κ2) is 9.40. The fourth-order valence-corrected chi connectivity index (χ4v) is 4.64. The molecule has 0 bridgehead atoms. The highest BCUT2D eigenvalue weighted by molar-refractivity contribution is 7.99. The SMILES string of the molecule is Cc1ccc(C)c(-n2c(C)nnc2SCC(=O)N2CCN(CC(=O)NC3CC3)CC2)c1. The van der Waals surface area contributed by atoms with Crippen LogP contribution in [-0.2, 0) is 9.59 Å². The molecule has 1 aromatic carbocycles. The number of carbonyl (C=O) groups excluding carboxylic acids is 2. The minimum absolute atomic E-state index is 0.0963. The molecule has 31 heavy (non-hydrogen) atoms. The zero-order valence-corrected chi connectivity index (χ0v) is 19.2. The van der Waals surface area contributed by atoms with Gasteiger partial charge in [0.15, 0.2) is 5.16 Å². The standard InChI is InChI=1S/C22H30N6O2S/c1-15-4-5-16(2)19(12-15)28-17(3)24-25-22(28)31-14-21(30)27-10-8-26(9-11-27)13-20(29)23-18-6-7-18/h4-5,12,18H,6-11,13-14H2,1-3H3,(H,23,29). The van der Waals surface area contributed by atoms with Crippen LogP contribution in [0.15, 0.2) is 23.4 Å². The largest absolute Gasteiger partial charge is 0.352 e. The summed E-state index contributed by atoms with van der Waals surface area (Å²) in [5, 5.41) is 12.3. The lowest BCUT2D eigenvalue weighted by Gasteiger charge is -2.34. The number of rotatable bonds is 7. The predicted octanol–water partition coefficient (Wildman–Crippen LogP) is 1.71. The predicted molar refractivity (Wildman–Crippen MR) is 120 cm³/mol. The van der Waals surface area contributed by atoms with Gasteiger partial charge in [0.25, 0.3) is 0 Å². The summed E-state index contributed by atoms with van der Waals surface area (Å²) in [5.74, 6) is 1.33. The number of piperazine rings is 1. The lowest BCUT2D eigenvalue weighted by molar-refractivity contribution is -0.130. The summed E-state index contributed by atoms with van der Waals surface area (Å²) in [7, 11) is 0. The number of amides is 2. The van der Waals surface area contributed by atoms with E-state index in [1.54, 1.807) is 0 Å². The lowest BCUT2D eigenvalue weighted by atomic mass is 10.1. The average Bonchev–Trinajstić information content (AvgIpc) is 3.48. The third-order valence-electron chi connectivity index (χ3n) is 5.76. The second-order valence-corrected chi connectivity index (χ2v) is 9.39. The van der Waals surface area contributed by atoms with Gasteiger partial charge in [-0.1, -0.05) is 23.9 Å². The van der Waals surface area contributed by atoms with Crippen LogP contribution in [0.5, 0.6) is 0 Å². The number of aryl methyl sites for hydroxylation is 3. The van der Waals surface area contributed by atoms with E-state index < -0.39 is 0 Å². The molecule has 0 atom stereocenters. The molecule has 2 amide bonds. The quantitative estimate of drug-likeness (QED) is 0.658. The minimum Gasteiger partial charge on any atom is -0.352 e. The molecule has 1 aromatic heterocycles. The molecular formula is C22H30N6O2S. The molecule has 1 aliphatic heterocycles. The smallest absolute Gasteiger partial charge is 0.234 e. The molecule has 2 fully saturated rings. The summed E-state index contributed by atoms with van der Waals surface area (Å²) in [6.45, 7) is 9.24. The Labute approximate surface area is 187 Å². The number of aromatic nitrogens is 3. The molecule has 0 spiro atoms. The van der Waals surface area contributed by atoms with Crippen molar-refractivity contribution in [3.05, 3.63) is 35.2 Å². The first-order valence-electron chi connectivity index (χ1n) is 10.8. The Morgan fingerprint density at radius 3 is 2.55 bits per heavy atom. The maximum atomic E-state index is 12.8. The zero-order chi connectivity index (χ0) is 22.0. The van der Waals surface area contributed by atoms with Crippen LogP contribution < -0.4 is 5.32 Å². The Hall–Kier alpha value is -2.39. The molecule has 8 nitrogen and oxygen atoms in total. The third-order valence-corrected chi connectivity index (χ3v) is 6.67. The summed E-state index contributed by atoms with van der Waals surface area (Å²) in [5.41, 5.74) is 3.36. The van der Waals surface area contributed by atoms with Gasteiger partial charge in [-0.15, -0.1) is 10.2 Å². The van der Waals surface area contributed by atoms with E-state index in [4.69, 9.17) is 0 Å². The first kappa shape index (κ1) is 21.8. The van der Waals surface area contributed by atoms with Gasteiger partial charge in [-0.25, -0.2) is 0 Å². The Kier molecular flexibility index (Phi) is 6.62. The summed E-state index contributed by atoms with van der Waals surface area (Å²) in [6.07, 6.45) is 2.20. The molecule has 2 heterocycles. The van der Waals surface area contributed by atoms with Gasteiger partial charge < -0.3 is 10.2 Å². The number of benzene rings is 1. The zero-order valence-electron chi connectivity index (χ0n) is 18.4. The Morgan fingerprint density at radius 2 is 1.84 bits per heavy atom. The highest BCUT2D eigenvalue weighted by Crippen LogP contribution is 2.25. The maximum absolute atomic E-state index is 12.8. The van der Waals surface area contributed by atoms with Crippen LogP contribution in [0.25, 0.3) is 5.69 Å². The molecule has 0 unspecified atom stereocenters. The van der Waals surface area contributed by atoms with Crippen molar-refractivity contribution in [2.24, 2.45) is 0 Å². The van der Waals surface area contributed by atoms with Crippen LogP contribution in [0.3, 0.4) is 0 Å². The highest BCUT2D eigenvalue weighted by atomic mass is 32.2. The van der Waals surface area contributed by atoms with E-state index in [0.717, 1.165) is 48.2 Å². The van der Waals surface area contributed by atoms with Gasteiger partial charge in [-0.05, 0) is 50.8 Å². The Morgan fingerprint density at radius 1 is 1.10 bits per heavy atom. The number of thioether (sulfide) groups is 1. The van der Waals surface area contributed by atoms with E-state index in [1.807, 2.05) is 16.4 Å². The van der Waals surface area contributed by atoms with Crippen LogP contribution in [0.2, 0.25) is 0 Å². The van der Waals surface area contributed by atoms with Gasteiger partial charge in [0.05, 0.1) is 18.0 Å². The van der Waals surface area contributed by atoms with E-state index in [0.29, 0.717) is 31.4 Å². The van der Waals surface area contributed by atoms with Crippen molar-refractivity contribution >= 4 is 23.6 Å². The van der Waals surface area contributed by atoms with Crippen molar-refractivity contribution < 1.29 is 9.59 Å². The Balaban J connectivity index is 1.31. The second-order valence-electron chi connectivity index (χ2n) is 8.44. The summed E-state index contributed by atoms with van der Waals surface area (Å²) in [6, 6.07) is 6.69. The molecule has 166 valence electrons. The van der Waals surface area contributed by atoms with Gasteiger partial charge in [-0.3, -0.25) is 19.1 Å². The number of hydrogen-bond acceptors (Lipinski definition) is 6. The molecule has 1 aliphatic carbocycles. The van der Waals surface area contributed by atoms with E-state index in [-0.39, 0.29) is 11.8 Å². The third kappa shape index (κ3) is 5.46. The maximum Gasteiger partial charge on any atom is 0.234 e.